The van der Waals surface area contributed by atoms with Gasteiger partial charge in [0.05, 0.1) is 39.6 Å². The normalized spacial score (nSPS) is 11.0. The number of pyridine rings is 1. The molecule has 0 aliphatic rings. The molecule has 0 atom stereocenters. The first-order chi connectivity index (χ1) is 15.4. The van der Waals surface area contributed by atoms with Crippen molar-refractivity contribution < 1.29 is 4.74 Å². The van der Waals surface area contributed by atoms with E-state index < -0.39 is 0 Å². The number of anilines is 2. The van der Waals surface area contributed by atoms with Crippen LogP contribution in [0.5, 0.6) is 5.75 Å². The largest absolute Gasteiger partial charge is 0.495 e. The Bertz CT molecular complexity index is 1340. The second-order valence-electron chi connectivity index (χ2n) is 7.56. The highest BCUT2D eigenvalue weighted by atomic mass is 35.5. The summed E-state index contributed by atoms with van der Waals surface area (Å²) in [7, 11) is 5.61. The van der Waals surface area contributed by atoms with Gasteiger partial charge < -0.3 is 19.5 Å². The minimum atomic E-state index is 0.407. The fourth-order valence-electron chi connectivity index (χ4n) is 3.59. The molecule has 2 aromatic carbocycles. The van der Waals surface area contributed by atoms with Crippen molar-refractivity contribution in [3.63, 3.8) is 0 Å². The van der Waals surface area contributed by atoms with E-state index in [1.165, 1.54) is 12.8 Å². The van der Waals surface area contributed by atoms with E-state index in [0.29, 0.717) is 32.7 Å². The lowest BCUT2D eigenvalue weighted by molar-refractivity contribution is 0.394. The molecule has 2 aromatic heterocycles. The highest BCUT2D eigenvalue weighted by molar-refractivity contribution is 6.37. The van der Waals surface area contributed by atoms with Gasteiger partial charge in [0, 0.05) is 41.8 Å². The van der Waals surface area contributed by atoms with Crippen molar-refractivity contribution in [2.75, 3.05) is 26.5 Å². The van der Waals surface area contributed by atoms with Crippen molar-refractivity contribution in [2.45, 2.75) is 6.54 Å². The van der Waals surface area contributed by atoms with Crippen molar-refractivity contribution in [1.29, 1.82) is 5.26 Å². The average Bonchev–Trinajstić information content (AvgIpc) is 3.22. The molecule has 0 fully saturated rings. The first-order valence-electron chi connectivity index (χ1n) is 9.85. The van der Waals surface area contributed by atoms with E-state index in [1.54, 1.807) is 18.3 Å². The van der Waals surface area contributed by atoms with E-state index in [4.69, 9.17) is 27.9 Å². The molecule has 8 heteroatoms. The van der Waals surface area contributed by atoms with E-state index in [0.717, 1.165) is 23.1 Å². The second kappa shape index (κ2) is 9.09. The molecule has 0 spiro atoms. The summed E-state index contributed by atoms with van der Waals surface area (Å²) in [5.74, 6) is 0.485. The van der Waals surface area contributed by atoms with E-state index in [-0.39, 0.29) is 0 Å². The number of hydrogen-bond acceptors (Lipinski definition) is 5. The topological polar surface area (TPSA) is 66.1 Å². The SMILES string of the molecule is COc1cc(Nc2c(C#N)cnc3cc(-n4cccc4CN(C)C)ccc23)c(Cl)cc1Cl. The molecule has 32 heavy (non-hydrogen) atoms. The van der Waals surface area contributed by atoms with Crippen molar-refractivity contribution in [2.24, 2.45) is 0 Å². The molecule has 0 aliphatic heterocycles. The van der Waals surface area contributed by atoms with Gasteiger partial charge in [-0.2, -0.15) is 5.26 Å². The molecule has 162 valence electrons. The Kier molecular flexibility index (Phi) is 6.24. The van der Waals surface area contributed by atoms with E-state index in [1.807, 2.05) is 44.6 Å². The third-order valence-electron chi connectivity index (χ3n) is 5.06. The van der Waals surface area contributed by atoms with Crippen LogP contribution in [0.25, 0.3) is 16.6 Å². The number of rotatable bonds is 6. The van der Waals surface area contributed by atoms with Crippen LogP contribution in [0.2, 0.25) is 10.0 Å². The molecule has 0 saturated heterocycles. The molecule has 4 rings (SSSR count). The number of hydrogen-bond donors (Lipinski definition) is 1. The summed E-state index contributed by atoms with van der Waals surface area (Å²) < 4.78 is 7.44. The van der Waals surface area contributed by atoms with Crippen molar-refractivity contribution >= 4 is 45.5 Å². The standard InChI is InChI=1S/C24H21Cl2N5O/c1-30(2)14-17-5-4-8-31(17)16-6-7-18-21(9-16)28-13-15(12-27)24(18)29-22-11-23(32-3)20(26)10-19(22)25/h4-11,13H,14H2,1-3H3,(H,28,29). The van der Waals surface area contributed by atoms with Gasteiger partial charge in [-0.3, -0.25) is 4.98 Å². The summed E-state index contributed by atoms with van der Waals surface area (Å²) in [5.41, 5.74) is 4.53. The van der Waals surface area contributed by atoms with Crippen molar-refractivity contribution in [1.82, 2.24) is 14.5 Å². The van der Waals surface area contributed by atoms with Gasteiger partial charge in [0.25, 0.3) is 0 Å². The predicted octanol–water partition coefficient (Wildman–Crippen LogP) is 6.02. The molecular weight excluding hydrogens is 445 g/mol. The van der Waals surface area contributed by atoms with Crippen LogP contribution in [-0.4, -0.2) is 35.7 Å². The third kappa shape index (κ3) is 4.23. The number of halogens is 2. The maximum atomic E-state index is 9.68. The predicted molar refractivity (Wildman–Crippen MR) is 129 cm³/mol. The second-order valence-corrected chi connectivity index (χ2v) is 8.37. The number of nitrogens with zero attached hydrogens (tertiary/aromatic N) is 4. The summed E-state index contributed by atoms with van der Waals surface area (Å²) >= 11 is 12.6. The van der Waals surface area contributed by atoms with Gasteiger partial charge in [-0.1, -0.05) is 23.2 Å². The summed E-state index contributed by atoms with van der Waals surface area (Å²) in [6.45, 7) is 0.815. The summed E-state index contributed by atoms with van der Waals surface area (Å²) in [6, 6.07) is 15.6. The zero-order chi connectivity index (χ0) is 22.8. The Hall–Kier alpha value is -3.24. The number of nitrogens with one attached hydrogen (secondary N) is 1. The Labute approximate surface area is 196 Å². The number of nitriles is 1. The van der Waals surface area contributed by atoms with Gasteiger partial charge in [0.15, 0.2) is 0 Å². The van der Waals surface area contributed by atoms with Crippen LogP contribution in [0.3, 0.4) is 0 Å². The lowest BCUT2D eigenvalue weighted by atomic mass is 10.1. The Morgan fingerprint density at radius 1 is 1.16 bits per heavy atom. The Balaban J connectivity index is 1.81. The van der Waals surface area contributed by atoms with Crippen molar-refractivity contribution in [3.8, 4) is 17.5 Å². The molecule has 0 radical (unpaired) electrons. The quantitative estimate of drug-likeness (QED) is 0.377. The van der Waals surface area contributed by atoms with Gasteiger partial charge in [0.1, 0.15) is 11.8 Å². The highest BCUT2D eigenvalue weighted by Crippen LogP contribution is 2.38. The van der Waals surface area contributed by atoms with Gasteiger partial charge in [0.2, 0.25) is 0 Å². The first kappa shape index (κ1) is 22.0. The summed E-state index contributed by atoms with van der Waals surface area (Å²) in [5, 5.41) is 14.6. The zero-order valence-corrected chi connectivity index (χ0v) is 19.4. The lowest BCUT2D eigenvalue weighted by Crippen LogP contribution is -2.13. The van der Waals surface area contributed by atoms with Crippen LogP contribution < -0.4 is 10.1 Å². The third-order valence-corrected chi connectivity index (χ3v) is 5.67. The zero-order valence-electron chi connectivity index (χ0n) is 17.9. The molecule has 4 aromatic rings. The molecule has 0 bridgehead atoms. The van der Waals surface area contributed by atoms with Gasteiger partial charge in [-0.25, -0.2) is 0 Å². The van der Waals surface area contributed by atoms with Crippen LogP contribution in [0.15, 0.2) is 54.9 Å². The van der Waals surface area contributed by atoms with Crippen molar-refractivity contribution in [3.05, 3.63) is 76.2 Å². The van der Waals surface area contributed by atoms with Crippen LogP contribution in [-0.2, 0) is 6.54 Å². The number of fused-ring (bicyclic) bond motifs is 1. The fraction of sp³-hybridized carbons (Fsp3) is 0.167. The van der Waals surface area contributed by atoms with E-state index in [2.05, 4.69) is 31.9 Å². The Morgan fingerprint density at radius 3 is 2.69 bits per heavy atom. The van der Waals surface area contributed by atoms with Crippen LogP contribution >= 0.6 is 23.2 Å². The van der Waals surface area contributed by atoms with E-state index >= 15 is 0 Å². The maximum absolute atomic E-state index is 9.68. The Morgan fingerprint density at radius 2 is 1.97 bits per heavy atom. The molecular formula is C24H21Cl2N5O. The molecule has 0 amide bonds. The number of methoxy groups -OCH3 is 1. The smallest absolute Gasteiger partial charge is 0.139 e. The maximum Gasteiger partial charge on any atom is 0.139 e. The molecule has 0 saturated carbocycles. The monoisotopic (exact) mass is 465 g/mol. The molecule has 0 unspecified atom stereocenters. The van der Waals surface area contributed by atoms with E-state index in [9.17, 15) is 5.26 Å². The van der Waals surface area contributed by atoms with Crippen LogP contribution in [0, 0.1) is 11.3 Å². The summed E-state index contributed by atoms with van der Waals surface area (Å²) in [4.78, 5) is 6.64. The molecule has 0 aliphatic carbocycles. The average molecular weight is 466 g/mol. The van der Waals surface area contributed by atoms with Gasteiger partial charge >= 0.3 is 0 Å². The molecule has 6 nitrogen and oxygen atoms in total. The van der Waals surface area contributed by atoms with Crippen LogP contribution in [0.4, 0.5) is 11.4 Å². The number of ether oxygens (including phenoxy) is 1. The number of aromatic nitrogens is 2. The fourth-order valence-corrected chi connectivity index (χ4v) is 4.10. The van der Waals surface area contributed by atoms with Gasteiger partial charge in [-0.05, 0) is 50.5 Å². The summed E-state index contributed by atoms with van der Waals surface area (Å²) in [6.07, 6.45) is 3.59. The first-order valence-corrected chi connectivity index (χ1v) is 10.6. The molecule has 2 heterocycles. The lowest BCUT2D eigenvalue weighted by Gasteiger charge is -2.16. The minimum absolute atomic E-state index is 0.407. The van der Waals surface area contributed by atoms with Crippen LogP contribution in [0.1, 0.15) is 11.3 Å². The highest BCUT2D eigenvalue weighted by Gasteiger charge is 2.14. The van der Waals surface area contributed by atoms with Gasteiger partial charge in [-0.15, -0.1) is 0 Å². The minimum Gasteiger partial charge on any atom is -0.495 e. The number of benzene rings is 2. The molecule has 1 N–H and O–H groups in total.